The molecule has 3 rings (SSSR count). The molecule has 0 spiro atoms. The molecule has 4 nitrogen and oxygen atoms in total. The molecule has 1 radical (unpaired) electrons. The summed E-state index contributed by atoms with van der Waals surface area (Å²) in [7, 11) is 0. The molecule has 3 unspecified atom stereocenters. The molecule has 0 aromatic carbocycles. The molecule has 1 heterocycles. The molecule has 1 saturated heterocycles. The van der Waals surface area contributed by atoms with Crippen LogP contribution in [-0.4, -0.2) is 30.4 Å². The molecule has 1 aliphatic heterocycles. The van der Waals surface area contributed by atoms with E-state index in [2.05, 4.69) is 0 Å². The summed E-state index contributed by atoms with van der Waals surface area (Å²) < 4.78 is 10.7. The first-order chi connectivity index (χ1) is 8.67. The predicted molar refractivity (Wildman–Crippen MR) is 63.5 cm³/mol. The Hall–Kier alpha value is -0.610. The summed E-state index contributed by atoms with van der Waals surface area (Å²) in [4.78, 5) is 11.9. The van der Waals surface area contributed by atoms with Crippen LogP contribution in [0.15, 0.2) is 0 Å². The number of carbonyl (C=O) groups excluding carboxylic acids is 1. The van der Waals surface area contributed by atoms with Gasteiger partial charge in [0.2, 0.25) is 0 Å². The zero-order chi connectivity index (χ0) is 12.6. The minimum atomic E-state index is -1.45. The van der Waals surface area contributed by atoms with Crippen molar-refractivity contribution < 1.29 is 19.4 Å². The van der Waals surface area contributed by atoms with E-state index in [4.69, 9.17) is 9.47 Å². The van der Waals surface area contributed by atoms with E-state index in [1.165, 1.54) is 0 Å². The van der Waals surface area contributed by atoms with Crippen LogP contribution < -0.4 is 0 Å². The Bertz CT molecular complexity index is 322. The van der Waals surface area contributed by atoms with Gasteiger partial charge in [-0.3, -0.25) is 0 Å². The lowest BCUT2D eigenvalue weighted by atomic mass is 9.85. The van der Waals surface area contributed by atoms with Gasteiger partial charge in [-0.25, -0.2) is 9.90 Å². The molecule has 0 bridgehead atoms. The van der Waals surface area contributed by atoms with E-state index in [0.29, 0.717) is 37.6 Å². The van der Waals surface area contributed by atoms with Crippen LogP contribution in [0, 0.1) is 5.92 Å². The number of epoxide rings is 1. The van der Waals surface area contributed by atoms with Crippen LogP contribution in [0.4, 0.5) is 0 Å². The van der Waals surface area contributed by atoms with E-state index < -0.39 is 11.6 Å². The van der Waals surface area contributed by atoms with Gasteiger partial charge in [0.15, 0.2) is 5.60 Å². The average Bonchev–Trinajstić information content (AvgIpc) is 3.15. The van der Waals surface area contributed by atoms with Crippen molar-refractivity contribution in [3.63, 3.8) is 0 Å². The Kier molecular flexibility index (Phi) is 3.32. The van der Waals surface area contributed by atoms with Gasteiger partial charge < -0.3 is 9.47 Å². The van der Waals surface area contributed by atoms with Gasteiger partial charge in [-0.15, -0.1) is 0 Å². The molecule has 3 fully saturated rings. The Labute approximate surface area is 108 Å². The Balaban J connectivity index is 1.45. The minimum Gasteiger partial charge on any atom is -0.463 e. The first-order valence-electron chi connectivity index (χ1n) is 7.20. The fraction of sp³-hybridized carbons (Fsp3) is 0.929. The highest BCUT2D eigenvalue weighted by molar-refractivity contribution is 5.79. The molecule has 0 aromatic rings. The maximum Gasteiger partial charge on any atom is 0.341 e. The van der Waals surface area contributed by atoms with Crippen molar-refractivity contribution in [1.82, 2.24) is 0 Å². The van der Waals surface area contributed by atoms with E-state index in [9.17, 15) is 9.90 Å². The average molecular weight is 253 g/mol. The Morgan fingerprint density at radius 3 is 2.67 bits per heavy atom. The molecule has 0 aromatic heterocycles. The summed E-state index contributed by atoms with van der Waals surface area (Å²) in [5, 5.41) is 12.3. The van der Waals surface area contributed by atoms with Crippen LogP contribution in [0.2, 0.25) is 0 Å². The molecule has 3 atom stereocenters. The maximum atomic E-state index is 12.3. The van der Waals surface area contributed by atoms with E-state index >= 15 is 0 Å². The normalized spacial score (nSPS) is 37.7. The van der Waals surface area contributed by atoms with Gasteiger partial charge in [-0.2, -0.15) is 0 Å². The fourth-order valence-corrected chi connectivity index (χ4v) is 3.29. The second-order valence-electron chi connectivity index (χ2n) is 6.05. The molecule has 18 heavy (non-hydrogen) atoms. The molecule has 101 valence electrons. The number of rotatable bonds is 3. The topological polar surface area (TPSA) is 58.7 Å². The second kappa shape index (κ2) is 4.82. The van der Waals surface area contributed by atoms with Crippen LogP contribution in [0.1, 0.15) is 51.4 Å². The van der Waals surface area contributed by atoms with Gasteiger partial charge >= 0.3 is 5.97 Å². The van der Waals surface area contributed by atoms with Crippen molar-refractivity contribution in [2.24, 2.45) is 5.92 Å². The number of esters is 1. The summed E-state index contributed by atoms with van der Waals surface area (Å²) in [6, 6.07) is 0. The van der Waals surface area contributed by atoms with E-state index in [0.717, 1.165) is 38.5 Å². The molecule has 4 heteroatoms. The largest absolute Gasteiger partial charge is 0.463 e. The second-order valence-corrected chi connectivity index (χ2v) is 6.05. The lowest BCUT2D eigenvalue weighted by Crippen LogP contribution is -2.41. The SMILES string of the molecule is [O]C1(C(=O)OCC2CCC3OC3C2)CCCCC1. The first-order valence-corrected chi connectivity index (χ1v) is 7.20. The summed E-state index contributed by atoms with van der Waals surface area (Å²) in [5.41, 5.74) is -1.45. The van der Waals surface area contributed by atoms with Crippen molar-refractivity contribution in [2.45, 2.75) is 69.2 Å². The molecule has 0 amide bonds. The minimum absolute atomic E-state index is 0.393. The van der Waals surface area contributed by atoms with Crippen LogP contribution in [0.3, 0.4) is 0 Å². The zero-order valence-electron chi connectivity index (χ0n) is 10.7. The Morgan fingerprint density at radius 1 is 1.17 bits per heavy atom. The fourth-order valence-electron chi connectivity index (χ4n) is 3.29. The zero-order valence-corrected chi connectivity index (χ0v) is 10.7. The predicted octanol–water partition coefficient (Wildman–Crippen LogP) is 2.23. The van der Waals surface area contributed by atoms with Gasteiger partial charge in [-0.1, -0.05) is 6.42 Å². The standard InChI is InChI=1S/C14H21O4/c15-13(14(16)6-2-1-3-7-14)17-9-10-4-5-11-12(8-10)18-11/h10-12H,1-9H2. The monoisotopic (exact) mass is 253 g/mol. The summed E-state index contributed by atoms with van der Waals surface area (Å²) in [6.07, 6.45) is 7.69. The van der Waals surface area contributed by atoms with Crippen LogP contribution >= 0.6 is 0 Å². The van der Waals surface area contributed by atoms with Crippen LogP contribution in [-0.2, 0) is 19.4 Å². The van der Waals surface area contributed by atoms with Crippen molar-refractivity contribution in [2.75, 3.05) is 6.61 Å². The van der Waals surface area contributed by atoms with Crippen molar-refractivity contribution in [3.05, 3.63) is 0 Å². The number of hydrogen-bond donors (Lipinski definition) is 0. The summed E-state index contributed by atoms with van der Waals surface area (Å²) >= 11 is 0. The van der Waals surface area contributed by atoms with Gasteiger partial charge in [0.1, 0.15) is 0 Å². The quantitative estimate of drug-likeness (QED) is 0.572. The smallest absolute Gasteiger partial charge is 0.341 e. The number of fused-ring (bicyclic) bond motifs is 1. The molecule has 2 saturated carbocycles. The van der Waals surface area contributed by atoms with E-state index in [1.54, 1.807) is 0 Å². The molecular formula is C14H21O4. The van der Waals surface area contributed by atoms with E-state index in [1.807, 2.05) is 0 Å². The van der Waals surface area contributed by atoms with Crippen LogP contribution in [0.5, 0.6) is 0 Å². The lowest BCUT2D eigenvalue weighted by molar-refractivity contribution is -0.179. The van der Waals surface area contributed by atoms with Gasteiger partial charge in [0.05, 0.1) is 18.8 Å². The number of carbonyl (C=O) groups is 1. The van der Waals surface area contributed by atoms with Gasteiger partial charge in [0, 0.05) is 0 Å². The Morgan fingerprint density at radius 2 is 1.94 bits per heavy atom. The highest BCUT2D eigenvalue weighted by atomic mass is 16.6. The third-order valence-corrected chi connectivity index (χ3v) is 4.60. The van der Waals surface area contributed by atoms with Crippen molar-refractivity contribution >= 4 is 5.97 Å². The molecular weight excluding hydrogens is 232 g/mol. The summed E-state index contributed by atoms with van der Waals surface area (Å²) in [6.45, 7) is 0.412. The van der Waals surface area contributed by atoms with Crippen molar-refractivity contribution in [3.8, 4) is 0 Å². The van der Waals surface area contributed by atoms with Crippen molar-refractivity contribution in [1.29, 1.82) is 0 Å². The molecule has 3 aliphatic rings. The highest BCUT2D eigenvalue weighted by Gasteiger charge is 2.45. The third kappa shape index (κ3) is 2.54. The van der Waals surface area contributed by atoms with E-state index in [-0.39, 0.29) is 0 Å². The van der Waals surface area contributed by atoms with Gasteiger partial charge in [0.25, 0.3) is 0 Å². The van der Waals surface area contributed by atoms with Crippen LogP contribution in [0.25, 0.3) is 0 Å². The maximum absolute atomic E-state index is 12.3. The number of ether oxygens (including phenoxy) is 2. The summed E-state index contributed by atoms with van der Waals surface area (Å²) in [5.74, 6) is -0.120. The third-order valence-electron chi connectivity index (χ3n) is 4.60. The first kappa shape index (κ1) is 12.4. The van der Waals surface area contributed by atoms with Gasteiger partial charge in [-0.05, 0) is 50.9 Å². The number of hydrogen-bond acceptors (Lipinski definition) is 3. The highest BCUT2D eigenvalue weighted by Crippen LogP contribution is 2.39. The molecule has 0 N–H and O–H groups in total. The molecule has 2 aliphatic carbocycles. The lowest BCUT2D eigenvalue weighted by Gasteiger charge is -2.28.